The highest BCUT2D eigenvalue weighted by Crippen LogP contribution is 2.24. The van der Waals surface area contributed by atoms with E-state index >= 15 is 0 Å². The van der Waals surface area contributed by atoms with Crippen molar-refractivity contribution in [1.29, 1.82) is 0 Å². The topological polar surface area (TPSA) is 32.3 Å². The molecule has 0 radical (unpaired) electrons. The zero-order valence-corrected chi connectivity index (χ0v) is 12.2. The van der Waals surface area contributed by atoms with Crippen molar-refractivity contribution in [1.82, 2.24) is 5.32 Å². The van der Waals surface area contributed by atoms with Gasteiger partial charge >= 0.3 is 0 Å². The molecule has 0 aromatic carbocycles. The molecule has 0 aromatic rings. The molecule has 0 fully saturated rings. The highest BCUT2D eigenvalue weighted by atomic mass is 16.3. The van der Waals surface area contributed by atoms with E-state index in [4.69, 9.17) is 0 Å². The van der Waals surface area contributed by atoms with Gasteiger partial charge in [-0.2, -0.15) is 0 Å². The smallest absolute Gasteiger partial charge is 0.0776 e. The van der Waals surface area contributed by atoms with E-state index in [0.29, 0.717) is 18.4 Å². The average molecular weight is 229 g/mol. The van der Waals surface area contributed by atoms with Crippen LogP contribution in [-0.4, -0.2) is 22.8 Å². The number of aliphatic hydroxyl groups is 1. The van der Waals surface area contributed by atoms with Crippen LogP contribution in [0.3, 0.4) is 0 Å². The van der Waals surface area contributed by atoms with E-state index in [1.165, 1.54) is 0 Å². The maximum atomic E-state index is 10.7. The van der Waals surface area contributed by atoms with Gasteiger partial charge in [-0.1, -0.05) is 27.7 Å². The van der Waals surface area contributed by atoms with Gasteiger partial charge in [-0.15, -0.1) is 0 Å². The largest absolute Gasteiger partial charge is 0.389 e. The molecule has 0 amide bonds. The second-order valence-electron chi connectivity index (χ2n) is 7.02. The second kappa shape index (κ2) is 6.02. The summed E-state index contributed by atoms with van der Waals surface area (Å²) >= 11 is 0. The standard InChI is InChI=1S/C14H31NO/c1-11(2)8-14(16,9-12(3)4)10-15-13(5,6)7/h11-12,15-16H,8-10H2,1-7H3. The van der Waals surface area contributed by atoms with Gasteiger partial charge < -0.3 is 10.4 Å². The number of hydrogen-bond donors (Lipinski definition) is 2. The Morgan fingerprint density at radius 1 is 0.938 bits per heavy atom. The van der Waals surface area contributed by atoms with E-state index < -0.39 is 5.60 Å². The van der Waals surface area contributed by atoms with E-state index in [1.54, 1.807) is 0 Å². The van der Waals surface area contributed by atoms with Crippen LogP contribution in [0.5, 0.6) is 0 Å². The third kappa shape index (κ3) is 8.12. The third-order valence-corrected chi connectivity index (χ3v) is 2.52. The lowest BCUT2D eigenvalue weighted by molar-refractivity contribution is -0.00350. The summed E-state index contributed by atoms with van der Waals surface area (Å²) < 4.78 is 0. The predicted molar refractivity (Wildman–Crippen MR) is 71.6 cm³/mol. The Kier molecular flexibility index (Phi) is 5.99. The lowest BCUT2D eigenvalue weighted by Crippen LogP contribution is -2.49. The van der Waals surface area contributed by atoms with E-state index in [9.17, 15) is 5.11 Å². The van der Waals surface area contributed by atoms with Gasteiger partial charge in [-0.3, -0.25) is 0 Å². The normalized spacial score (nSPS) is 13.9. The second-order valence-corrected chi connectivity index (χ2v) is 7.02. The maximum Gasteiger partial charge on any atom is 0.0776 e. The number of hydrogen-bond acceptors (Lipinski definition) is 2. The van der Waals surface area contributed by atoms with E-state index in [0.717, 1.165) is 12.8 Å². The summed E-state index contributed by atoms with van der Waals surface area (Å²) in [5.41, 5.74) is -0.489. The number of nitrogens with one attached hydrogen (secondary N) is 1. The fraction of sp³-hybridized carbons (Fsp3) is 1.00. The molecule has 2 heteroatoms. The summed E-state index contributed by atoms with van der Waals surface area (Å²) in [6.45, 7) is 15.8. The lowest BCUT2D eigenvalue weighted by atomic mass is 9.84. The molecule has 0 heterocycles. The average Bonchev–Trinajstić information content (AvgIpc) is 1.96. The molecule has 0 saturated carbocycles. The van der Waals surface area contributed by atoms with Crippen molar-refractivity contribution >= 4 is 0 Å². The van der Waals surface area contributed by atoms with Gasteiger partial charge in [-0.05, 0) is 45.4 Å². The molecule has 98 valence electrons. The Morgan fingerprint density at radius 3 is 1.56 bits per heavy atom. The Hall–Kier alpha value is -0.0800. The zero-order chi connectivity index (χ0) is 13.0. The van der Waals surface area contributed by atoms with Crippen molar-refractivity contribution in [3.05, 3.63) is 0 Å². The molecular weight excluding hydrogens is 198 g/mol. The molecule has 0 saturated heterocycles. The first kappa shape index (κ1) is 15.9. The molecule has 0 aliphatic heterocycles. The summed E-state index contributed by atoms with van der Waals surface area (Å²) in [7, 11) is 0. The third-order valence-electron chi connectivity index (χ3n) is 2.52. The van der Waals surface area contributed by atoms with Gasteiger partial charge in [0.05, 0.1) is 5.60 Å². The van der Waals surface area contributed by atoms with Crippen molar-refractivity contribution < 1.29 is 5.11 Å². The van der Waals surface area contributed by atoms with Gasteiger partial charge in [0.1, 0.15) is 0 Å². The quantitative estimate of drug-likeness (QED) is 0.733. The maximum absolute atomic E-state index is 10.7. The molecule has 0 bridgehead atoms. The molecule has 2 N–H and O–H groups in total. The monoisotopic (exact) mass is 229 g/mol. The fourth-order valence-corrected chi connectivity index (χ4v) is 2.18. The van der Waals surface area contributed by atoms with Crippen molar-refractivity contribution in [2.24, 2.45) is 11.8 Å². The first-order valence-corrected chi connectivity index (χ1v) is 6.51. The molecule has 0 aromatic heterocycles. The van der Waals surface area contributed by atoms with Crippen LogP contribution in [0.4, 0.5) is 0 Å². The minimum Gasteiger partial charge on any atom is -0.389 e. The minimum atomic E-state index is -0.560. The highest BCUT2D eigenvalue weighted by molar-refractivity contribution is 4.86. The Morgan fingerprint density at radius 2 is 1.31 bits per heavy atom. The van der Waals surface area contributed by atoms with E-state index in [-0.39, 0.29) is 5.54 Å². The summed E-state index contributed by atoms with van der Waals surface area (Å²) in [4.78, 5) is 0. The zero-order valence-electron chi connectivity index (χ0n) is 12.2. The fourth-order valence-electron chi connectivity index (χ4n) is 2.18. The lowest BCUT2D eigenvalue weighted by Gasteiger charge is -2.35. The SMILES string of the molecule is CC(C)CC(O)(CNC(C)(C)C)CC(C)C. The molecule has 0 unspecified atom stereocenters. The number of rotatable bonds is 6. The van der Waals surface area contributed by atoms with Crippen molar-refractivity contribution in [2.45, 2.75) is 72.4 Å². The van der Waals surface area contributed by atoms with Crippen LogP contribution in [0, 0.1) is 11.8 Å². The van der Waals surface area contributed by atoms with Gasteiger partial charge in [0.2, 0.25) is 0 Å². The Labute approximate surface area is 102 Å². The Bertz CT molecular complexity index is 181. The molecule has 0 spiro atoms. The van der Waals surface area contributed by atoms with Crippen molar-refractivity contribution in [3.8, 4) is 0 Å². The minimum absolute atomic E-state index is 0.0714. The predicted octanol–water partition coefficient (Wildman–Crippen LogP) is 3.20. The van der Waals surface area contributed by atoms with Crippen molar-refractivity contribution in [3.63, 3.8) is 0 Å². The summed E-state index contributed by atoms with van der Waals surface area (Å²) in [5, 5.41) is 14.1. The number of β-amino-alcohol motifs (C(OH)–C–C–N with tert-alkyl or cyclic N) is 1. The molecular formula is C14H31NO. The van der Waals surface area contributed by atoms with Crippen molar-refractivity contribution in [2.75, 3.05) is 6.54 Å². The first-order valence-electron chi connectivity index (χ1n) is 6.51. The van der Waals surface area contributed by atoms with Gasteiger partial charge in [0.15, 0.2) is 0 Å². The summed E-state index contributed by atoms with van der Waals surface area (Å²) in [5.74, 6) is 1.07. The van der Waals surface area contributed by atoms with Gasteiger partial charge in [0.25, 0.3) is 0 Å². The van der Waals surface area contributed by atoms with Crippen LogP contribution in [0.25, 0.3) is 0 Å². The van der Waals surface area contributed by atoms with Gasteiger partial charge in [0, 0.05) is 12.1 Å². The molecule has 0 aliphatic carbocycles. The first-order chi connectivity index (χ1) is 7.04. The van der Waals surface area contributed by atoms with E-state index in [2.05, 4.69) is 53.8 Å². The molecule has 0 atom stereocenters. The van der Waals surface area contributed by atoms with Crippen LogP contribution in [0.2, 0.25) is 0 Å². The van der Waals surface area contributed by atoms with Crippen LogP contribution in [-0.2, 0) is 0 Å². The van der Waals surface area contributed by atoms with Crippen LogP contribution in [0.1, 0.15) is 61.3 Å². The molecule has 0 aliphatic rings. The van der Waals surface area contributed by atoms with Crippen LogP contribution >= 0.6 is 0 Å². The van der Waals surface area contributed by atoms with Crippen LogP contribution in [0.15, 0.2) is 0 Å². The summed E-state index contributed by atoms with van der Waals surface area (Å²) in [6, 6.07) is 0. The molecule has 0 rings (SSSR count). The Balaban J connectivity index is 4.41. The molecule has 16 heavy (non-hydrogen) atoms. The molecule has 2 nitrogen and oxygen atoms in total. The van der Waals surface area contributed by atoms with E-state index in [1.807, 2.05) is 0 Å². The van der Waals surface area contributed by atoms with Crippen LogP contribution < -0.4 is 5.32 Å². The highest BCUT2D eigenvalue weighted by Gasteiger charge is 2.30. The van der Waals surface area contributed by atoms with Gasteiger partial charge in [-0.25, -0.2) is 0 Å². The summed E-state index contributed by atoms with van der Waals surface area (Å²) in [6.07, 6.45) is 1.74.